The number of aromatic nitrogens is 1. The number of ether oxygens (including phenoxy) is 2. The lowest BCUT2D eigenvalue weighted by Crippen LogP contribution is -2.02. The fraction of sp³-hybridized carbons (Fsp3) is 0.143. The quantitative estimate of drug-likeness (QED) is 0.940. The van der Waals surface area contributed by atoms with Crippen molar-refractivity contribution in [1.82, 2.24) is 4.98 Å². The summed E-state index contributed by atoms with van der Waals surface area (Å²) in [6.45, 7) is 0.780. The van der Waals surface area contributed by atoms with Gasteiger partial charge in [-0.2, -0.15) is 5.26 Å². The van der Waals surface area contributed by atoms with Crippen molar-refractivity contribution in [3.63, 3.8) is 0 Å². The maximum atomic E-state index is 8.91. The number of hydrogen-bond donors (Lipinski definition) is 1. The van der Waals surface area contributed by atoms with Gasteiger partial charge in [-0.1, -0.05) is 17.7 Å². The van der Waals surface area contributed by atoms with E-state index in [9.17, 15) is 0 Å². The van der Waals surface area contributed by atoms with Gasteiger partial charge in [0.05, 0.1) is 5.56 Å². The van der Waals surface area contributed by atoms with E-state index >= 15 is 0 Å². The first-order valence-electron chi connectivity index (χ1n) is 5.95. The normalized spacial score (nSPS) is 12.0. The van der Waals surface area contributed by atoms with Crippen molar-refractivity contribution in [3.8, 4) is 17.6 Å². The summed E-state index contributed by atoms with van der Waals surface area (Å²) in [4.78, 5) is 4.12. The molecule has 1 aliphatic rings. The molecule has 0 fully saturated rings. The number of nitriles is 1. The Hall–Kier alpha value is -2.45. The molecule has 0 radical (unpaired) electrons. The Balaban J connectivity index is 1.76. The molecule has 1 N–H and O–H groups in total. The number of benzene rings is 1. The lowest BCUT2D eigenvalue weighted by atomic mass is 10.2. The van der Waals surface area contributed by atoms with Gasteiger partial charge in [0, 0.05) is 12.7 Å². The van der Waals surface area contributed by atoms with Crippen LogP contribution in [0.1, 0.15) is 11.1 Å². The molecule has 20 heavy (non-hydrogen) atoms. The summed E-state index contributed by atoms with van der Waals surface area (Å²) in [5, 5.41) is 12.3. The minimum absolute atomic E-state index is 0.254. The van der Waals surface area contributed by atoms with E-state index in [-0.39, 0.29) is 6.79 Å². The van der Waals surface area contributed by atoms with Gasteiger partial charge in [0.15, 0.2) is 11.5 Å². The van der Waals surface area contributed by atoms with E-state index in [1.165, 1.54) is 0 Å². The zero-order valence-electron chi connectivity index (χ0n) is 10.4. The second-order valence-electron chi connectivity index (χ2n) is 4.17. The first kappa shape index (κ1) is 12.6. The van der Waals surface area contributed by atoms with Gasteiger partial charge >= 0.3 is 0 Å². The Morgan fingerprint density at radius 3 is 3.00 bits per heavy atom. The second kappa shape index (κ2) is 5.27. The van der Waals surface area contributed by atoms with Crippen molar-refractivity contribution < 1.29 is 9.47 Å². The summed E-state index contributed by atoms with van der Waals surface area (Å²) in [6, 6.07) is 9.29. The topological polar surface area (TPSA) is 67.2 Å². The molecule has 0 unspecified atom stereocenters. The SMILES string of the molecule is N#Cc1ccnc(NCc2ccc3c(c2)OCO3)c1Cl. The first-order chi connectivity index (χ1) is 9.78. The maximum Gasteiger partial charge on any atom is 0.231 e. The van der Waals surface area contributed by atoms with E-state index in [4.69, 9.17) is 26.3 Å². The monoisotopic (exact) mass is 287 g/mol. The highest BCUT2D eigenvalue weighted by Gasteiger charge is 2.13. The van der Waals surface area contributed by atoms with E-state index in [2.05, 4.69) is 10.3 Å². The molecule has 100 valence electrons. The van der Waals surface area contributed by atoms with Crippen LogP contribution in [-0.4, -0.2) is 11.8 Å². The van der Waals surface area contributed by atoms with Crippen LogP contribution >= 0.6 is 11.6 Å². The molecule has 2 heterocycles. The van der Waals surface area contributed by atoms with Gasteiger partial charge in [0.25, 0.3) is 0 Å². The average Bonchev–Trinajstić information content (AvgIpc) is 2.93. The summed E-state index contributed by atoms with van der Waals surface area (Å²) < 4.78 is 10.6. The Bertz CT molecular complexity index is 697. The predicted molar refractivity (Wildman–Crippen MR) is 73.9 cm³/mol. The molecule has 0 bridgehead atoms. The molecule has 0 spiro atoms. The van der Waals surface area contributed by atoms with Crippen molar-refractivity contribution in [2.45, 2.75) is 6.54 Å². The van der Waals surface area contributed by atoms with Crippen molar-refractivity contribution in [2.24, 2.45) is 0 Å². The molecule has 3 rings (SSSR count). The van der Waals surface area contributed by atoms with Crippen LogP contribution < -0.4 is 14.8 Å². The van der Waals surface area contributed by atoms with Gasteiger partial charge in [-0.25, -0.2) is 4.98 Å². The second-order valence-corrected chi connectivity index (χ2v) is 4.55. The van der Waals surface area contributed by atoms with E-state index in [0.717, 1.165) is 17.1 Å². The van der Waals surface area contributed by atoms with Gasteiger partial charge in [-0.05, 0) is 23.8 Å². The van der Waals surface area contributed by atoms with Crippen molar-refractivity contribution >= 4 is 17.4 Å². The Kier molecular flexibility index (Phi) is 3.32. The number of hydrogen-bond acceptors (Lipinski definition) is 5. The van der Waals surface area contributed by atoms with E-state index in [0.29, 0.717) is 22.9 Å². The standard InChI is InChI=1S/C14H10ClN3O2/c15-13-10(6-16)3-4-17-14(13)18-7-9-1-2-11-12(5-9)20-8-19-11/h1-5H,7-8H2,(H,17,18). The van der Waals surface area contributed by atoms with Crippen molar-refractivity contribution in [1.29, 1.82) is 5.26 Å². The van der Waals surface area contributed by atoms with E-state index in [1.54, 1.807) is 12.3 Å². The minimum atomic E-state index is 0.254. The number of pyridine rings is 1. The molecule has 0 amide bonds. The molecule has 6 heteroatoms. The fourth-order valence-electron chi connectivity index (χ4n) is 1.89. The van der Waals surface area contributed by atoms with Crippen LogP contribution in [0, 0.1) is 11.3 Å². The summed E-state index contributed by atoms with van der Waals surface area (Å²) in [6.07, 6.45) is 1.55. The largest absolute Gasteiger partial charge is 0.454 e. The molecule has 0 aliphatic carbocycles. The summed E-state index contributed by atoms with van der Waals surface area (Å²) in [5.74, 6) is 1.97. The third-order valence-electron chi connectivity index (χ3n) is 2.91. The summed E-state index contributed by atoms with van der Waals surface area (Å²) in [5.41, 5.74) is 1.41. The molecular weight excluding hydrogens is 278 g/mol. The van der Waals surface area contributed by atoms with Crippen LogP contribution in [0.2, 0.25) is 5.02 Å². The number of anilines is 1. The minimum Gasteiger partial charge on any atom is -0.454 e. The zero-order chi connectivity index (χ0) is 13.9. The Morgan fingerprint density at radius 1 is 1.30 bits per heavy atom. The highest BCUT2D eigenvalue weighted by atomic mass is 35.5. The number of nitrogens with zero attached hydrogens (tertiary/aromatic N) is 2. The molecule has 5 nitrogen and oxygen atoms in total. The average molecular weight is 288 g/mol. The highest BCUT2D eigenvalue weighted by molar-refractivity contribution is 6.34. The van der Waals surface area contributed by atoms with Crippen LogP contribution in [0.15, 0.2) is 30.5 Å². The van der Waals surface area contributed by atoms with Crippen LogP contribution in [0.3, 0.4) is 0 Å². The van der Waals surface area contributed by atoms with Gasteiger partial charge in [-0.3, -0.25) is 0 Å². The third-order valence-corrected chi connectivity index (χ3v) is 3.29. The maximum absolute atomic E-state index is 8.91. The highest BCUT2D eigenvalue weighted by Crippen LogP contribution is 2.32. The molecular formula is C14H10ClN3O2. The molecule has 0 saturated carbocycles. The van der Waals surface area contributed by atoms with E-state index < -0.39 is 0 Å². The number of rotatable bonds is 3. The van der Waals surface area contributed by atoms with Crippen molar-refractivity contribution in [2.75, 3.05) is 12.1 Å². The van der Waals surface area contributed by atoms with E-state index in [1.807, 2.05) is 24.3 Å². The molecule has 0 atom stereocenters. The molecule has 1 aliphatic heterocycles. The smallest absolute Gasteiger partial charge is 0.231 e. The van der Waals surface area contributed by atoms with Gasteiger partial charge in [-0.15, -0.1) is 0 Å². The molecule has 0 saturated heterocycles. The summed E-state index contributed by atoms with van der Waals surface area (Å²) >= 11 is 6.08. The van der Waals surface area contributed by atoms with Crippen molar-refractivity contribution in [3.05, 3.63) is 46.6 Å². The van der Waals surface area contributed by atoms with Crippen LogP contribution in [0.25, 0.3) is 0 Å². The first-order valence-corrected chi connectivity index (χ1v) is 6.33. The van der Waals surface area contributed by atoms with Gasteiger partial charge in [0.1, 0.15) is 16.9 Å². The lowest BCUT2D eigenvalue weighted by molar-refractivity contribution is 0.174. The van der Waals surface area contributed by atoms with Crippen LogP contribution in [-0.2, 0) is 6.54 Å². The molecule has 2 aromatic rings. The summed E-state index contributed by atoms with van der Waals surface area (Å²) in [7, 11) is 0. The van der Waals surface area contributed by atoms with Gasteiger partial charge < -0.3 is 14.8 Å². The predicted octanol–water partition coefficient (Wildman–Crippen LogP) is 2.95. The third kappa shape index (κ3) is 2.33. The fourth-order valence-corrected chi connectivity index (χ4v) is 2.11. The Morgan fingerprint density at radius 2 is 2.15 bits per heavy atom. The molecule has 1 aromatic heterocycles. The van der Waals surface area contributed by atoms with Crippen LogP contribution in [0.4, 0.5) is 5.82 Å². The van der Waals surface area contributed by atoms with Crippen LogP contribution in [0.5, 0.6) is 11.5 Å². The van der Waals surface area contributed by atoms with Gasteiger partial charge in [0.2, 0.25) is 6.79 Å². The zero-order valence-corrected chi connectivity index (χ0v) is 11.1. The lowest BCUT2D eigenvalue weighted by Gasteiger charge is -2.08. The number of fused-ring (bicyclic) bond motifs is 1. The number of halogens is 1. The number of nitrogens with one attached hydrogen (secondary N) is 1. The molecule has 1 aromatic carbocycles. The Labute approximate surface area is 120 Å².